The van der Waals surface area contributed by atoms with Crippen molar-refractivity contribution < 1.29 is 30.8 Å². The van der Waals surface area contributed by atoms with Crippen LogP contribution in [0.25, 0.3) is 11.6 Å². The Kier molecular flexibility index (Phi) is 7.29. The number of benzene rings is 3. The number of fused-ring (bicyclic) bond motifs is 2. The minimum Gasteiger partial charge on any atom is -0.461 e. The van der Waals surface area contributed by atoms with Crippen LogP contribution in [0.15, 0.2) is 82.1 Å². The van der Waals surface area contributed by atoms with E-state index in [2.05, 4.69) is 15.4 Å². The second-order valence-corrected chi connectivity index (χ2v) is 12.3. The van der Waals surface area contributed by atoms with Crippen molar-refractivity contribution >= 4 is 44.6 Å². The molecule has 3 N–H and O–H groups in total. The minimum absolute atomic E-state index is 0.0239. The molecule has 6 rings (SSSR count). The fourth-order valence-electron chi connectivity index (χ4n) is 5.60. The van der Waals surface area contributed by atoms with Crippen LogP contribution < -0.4 is 15.4 Å². The van der Waals surface area contributed by atoms with E-state index in [1.54, 1.807) is 6.08 Å². The number of halogens is 3. The molecule has 0 bridgehead atoms. The molecule has 7 nitrogen and oxygen atoms in total. The van der Waals surface area contributed by atoms with E-state index in [1.165, 1.54) is 18.2 Å². The number of alkyl halides is 3. The monoisotopic (exact) mass is 607 g/mol. The van der Waals surface area contributed by atoms with Gasteiger partial charge >= 0.3 is 6.18 Å². The van der Waals surface area contributed by atoms with Crippen LogP contribution in [0.1, 0.15) is 59.6 Å². The number of hydrogen-bond acceptors (Lipinski definition) is 5. The van der Waals surface area contributed by atoms with E-state index in [0.717, 1.165) is 72.5 Å². The maximum Gasteiger partial charge on any atom is 0.416 e. The summed E-state index contributed by atoms with van der Waals surface area (Å²) in [6, 6.07) is 17.5. The number of furan rings is 1. The van der Waals surface area contributed by atoms with Gasteiger partial charge < -0.3 is 15.1 Å². The fraction of sp³-hybridized carbons (Fsp3) is 0.219. The number of amides is 1. The van der Waals surface area contributed by atoms with Crippen LogP contribution in [0.4, 0.5) is 30.2 Å². The van der Waals surface area contributed by atoms with E-state index in [4.69, 9.17) is 4.42 Å². The molecule has 3 aromatic carbocycles. The number of hydrogen-bond donors (Lipinski definition) is 3. The van der Waals surface area contributed by atoms with Gasteiger partial charge in [-0.05, 0) is 92.4 Å². The van der Waals surface area contributed by atoms with E-state index in [9.17, 15) is 26.4 Å². The number of nitrogens with one attached hydrogen (secondary N) is 3. The molecule has 1 aliphatic carbocycles. The first-order valence-electron chi connectivity index (χ1n) is 13.8. The van der Waals surface area contributed by atoms with Crippen molar-refractivity contribution in [1.29, 1.82) is 0 Å². The minimum atomic E-state index is -4.54. The third-order valence-corrected chi connectivity index (χ3v) is 9.03. The molecule has 1 aliphatic heterocycles. The largest absolute Gasteiger partial charge is 0.461 e. The van der Waals surface area contributed by atoms with Crippen LogP contribution in [0.2, 0.25) is 0 Å². The molecule has 0 saturated carbocycles. The second kappa shape index (κ2) is 11.0. The van der Waals surface area contributed by atoms with Gasteiger partial charge in [0.15, 0.2) is 0 Å². The zero-order valence-electron chi connectivity index (χ0n) is 23.1. The molecule has 1 aromatic heterocycles. The Balaban J connectivity index is 1.34. The average molecular weight is 608 g/mol. The molecule has 0 radical (unpaired) electrons. The van der Waals surface area contributed by atoms with Crippen molar-refractivity contribution in [3.8, 4) is 0 Å². The highest BCUT2D eigenvalue weighted by Crippen LogP contribution is 2.40. The highest BCUT2D eigenvalue weighted by atomic mass is 32.2. The summed E-state index contributed by atoms with van der Waals surface area (Å²) < 4.78 is 73.8. The van der Waals surface area contributed by atoms with Gasteiger partial charge in [0, 0.05) is 34.6 Å². The van der Waals surface area contributed by atoms with Crippen molar-refractivity contribution in [3.63, 3.8) is 0 Å². The van der Waals surface area contributed by atoms with E-state index >= 15 is 0 Å². The Hall–Kier alpha value is -4.51. The maximum absolute atomic E-state index is 13.2. The first-order chi connectivity index (χ1) is 20.5. The van der Waals surface area contributed by atoms with Crippen LogP contribution in [-0.2, 0) is 33.8 Å². The summed E-state index contributed by atoms with van der Waals surface area (Å²) in [5.41, 5.74) is 3.19. The van der Waals surface area contributed by atoms with E-state index in [1.807, 2.05) is 37.3 Å². The van der Waals surface area contributed by atoms with Crippen molar-refractivity contribution in [2.24, 2.45) is 0 Å². The molecule has 4 aromatic rings. The van der Waals surface area contributed by atoms with Gasteiger partial charge in [-0.1, -0.05) is 18.2 Å². The molecule has 0 saturated heterocycles. The third kappa shape index (κ3) is 5.77. The van der Waals surface area contributed by atoms with E-state index < -0.39 is 27.7 Å². The zero-order valence-corrected chi connectivity index (χ0v) is 23.9. The lowest BCUT2D eigenvalue weighted by molar-refractivity contribution is -0.137. The molecule has 1 unspecified atom stereocenters. The van der Waals surface area contributed by atoms with Gasteiger partial charge in [-0.15, -0.1) is 0 Å². The summed E-state index contributed by atoms with van der Waals surface area (Å²) in [6.07, 6.45) is 0.820. The van der Waals surface area contributed by atoms with Crippen LogP contribution in [-0.4, -0.2) is 14.3 Å². The molecule has 11 heteroatoms. The lowest BCUT2D eigenvalue weighted by Gasteiger charge is -2.18. The molecule has 1 amide bonds. The lowest BCUT2D eigenvalue weighted by atomic mass is 9.91. The van der Waals surface area contributed by atoms with Crippen molar-refractivity contribution in [2.75, 3.05) is 15.4 Å². The average Bonchev–Trinajstić information content (AvgIpc) is 3.49. The Labute approximate surface area is 246 Å². The van der Waals surface area contributed by atoms with Gasteiger partial charge in [0.2, 0.25) is 0 Å². The second-order valence-electron chi connectivity index (χ2n) is 10.6. The molecule has 0 fully saturated rings. The van der Waals surface area contributed by atoms with Crippen LogP contribution >= 0.6 is 0 Å². The predicted octanol–water partition coefficient (Wildman–Crippen LogP) is 7.64. The van der Waals surface area contributed by atoms with Crippen LogP contribution in [0, 0.1) is 0 Å². The summed E-state index contributed by atoms with van der Waals surface area (Å²) in [4.78, 5) is 13.0. The van der Waals surface area contributed by atoms with Gasteiger partial charge in [0.1, 0.15) is 11.5 Å². The lowest BCUT2D eigenvalue weighted by Crippen LogP contribution is -2.13. The van der Waals surface area contributed by atoms with Crippen molar-refractivity contribution in [2.45, 2.75) is 49.7 Å². The van der Waals surface area contributed by atoms with E-state index in [-0.39, 0.29) is 22.2 Å². The predicted molar refractivity (Wildman–Crippen MR) is 159 cm³/mol. The summed E-state index contributed by atoms with van der Waals surface area (Å²) in [5, 5.41) is 6.29. The number of carbonyl (C=O) groups excluding carboxylic acids is 1. The molecule has 2 aliphatic rings. The van der Waals surface area contributed by atoms with Crippen LogP contribution in [0.3, 0.4) is 0 Å². The Morgan fingerprint density at radius 2 is 1.67 bits per heavy atom. The smallest absolute Gasteiger partial charge is 0.416 e. The van der Waals surface area contributed by atoms with Crippen molar-refractivity contribution in [1.82, 2.24) is 0 Å². The highest BCUT2D eigenvalue weighted by molar-refractivity contribution is 7.92. The zero-order chi connectivity index (χ0) is 30.4. The summed E-state index contributed by atoms with van der Waals surface area (Å²) in [6.45, 7) is 2.04. The Morgan fingerprint density at radius 3 is 2.40 bits per heavy atom. The van der Waals surface area contributed by atoms with Crippen LogP contribution in [0.5, 0.6) is 0 Å². The standard InChI is InChI=1S/C32H28F3N3O4S/c1-19(36-21-7-3-2-4-8-21)30-24-9-5-6-10-28(24)42-29(30)18-26-25-17-23(15-16-27(25)37-31(26)39)43(40,41)38-22-13-11-20(12-14-22)32(33,34)35/h2-4,7-8,11-19,36,38H,5-6,9-10H2,1H3,(H,37,39). The summed E-state index contributed by atoms with van der Waals surface area (Å²) in [5.74, 6) is 1.03. The quantitative estimate of drug-likeness (QED) is 0.188. The van der Waals surface area contributed by atoms with Gasteiger partial charge in [-0.2, -0.15) is 13.2 Å². The molecular formula is C32H28F3N3O4S. The van der Waals surface area contributed by atoms with Gasteiger partial charge in [0.05, 0.1) is 22.1 Å². The fourth-order valence-corrected chi connectivity index (χ4v) is 6.68. The van der Waals surface area contributed by atoms with Gasteiger partial charge in [0.25, 0.3) is 15.9 Å². The third-order valence-electron chi connectivity index (χ3n) is 7.66. The normalized spacial score (nSPS) is 16.4. The molecule has 1 atom stereocenters. The SMILES string of the molecule is CC(Nc1ccccc1)c1c(C=C2C(=O)Nc3ccc(S(=O)(=O)Nc4ccc(C(F)(F)F)cc4)cc32)oc2c1CCCC2. The van der Waals surface area contributed by atoms with Gasteiger partial charge in [-0.25, -0.2) is 8.42 Å². The number of carbonyl (C=O) groups is 1. The molecule has 222 valence electrons. The summed E-state index contributed by atoms with van der Waals surface area (Å²) >= 11 is 0. The number of para-hydroxylation sites is 1. The Morgan fingerprint density at radius 1 is 0.953 bits per heavy atom. The number of sulfonamides is 1. The first-order valence-corrected chi connectivity index (χ1v) is 15.3. The first kappa shape index (κ1) is 28.6. The summed E-state index contributed by atoms with van der Waals surface area (Å²) in [7, 11) is -4.19. The number of aryl methyl sites for hydroxylation is 1. The Bertz CT molecular complexity index is 1830. The van der Waals surface area contributed by atoms with Gasteiger partial charge in [-0.3, -0.25) is 9.52 Å². The maximum atomic E-state index is 13.2. The highest BCUT2D eigenvalue weighted by Gasteiger charge is 2.32. The van der Waals surface area contributed by atoms with Crippen molar-refractivity contribution in [3.05, 3.63) is 107 Å². The molecule has 0 spiro atoms. The number of anilines is 3. The molecule has 43 heavy (non-hydrogen) atoms. The van der Waals surface area contributed by atoms with E-state index in [0.29, 0.717) is 17.0 Å². The molecular weight excluding hydrogens is 579 g/mol. The topological polar surface area (TPSA) is 100 Å². The molecule has 2 heterocycles. The number of rotatable bonds is 7.